The van der Waals surface area contributed by atoms with Crippen molar-refractivity contribution in [3.63, 3.8) is 0 Å². The normalized spacial score (nSPS) is 12.2. The maximum absolute atomic E-state index is 12.8. The zero-order valence-corrected chi connectivity index (χ0v) is 17.8. The van der Waals surface area contributed by atoms with Crippen LogP contribution in [0.4, 0.5) is 4.39 Å². The lowest BCUT2D eigenvalue weighted by molar-refractivity contribution is 0.114. The highest BCUT2D eigenvalue weighted by Crippen LogP contribution is 2.11. The molecule has 0 aliphatic rings. The second-order valence-corrected chi connectivity index (χ2v) is 6.43. The zero-order valence-electron chi connectivity index (χ0n) is 14.7. The van der Waals surface area contributed by atoms with Crippen LogP contribution in [0, 0.1) is 5.82 Å². The van der Waals surface area contributed by atoms with Crippen molar-refractivity contribution in [2.24, 2.45) is 4.99 Å². The van der Waals surface area contributed by atoms with Gasteiger partial charge in [-0.25, -0.2) is 4.39 Å². The fourth-order valence-electron chi connectivity index (χ4n) is 2.07. The minimum atomic E-state index is -0.738. The predicted octanol–water partition coefficient (Wildman–Crippen LogP) is 3.04. The first kappa shape index (κ1) is 22.7. The predicted molar refractivity (Wildman–Crippen MR) is 115 cm³/mol. The molecule has 1 heterocycles. The summed E-state index contributed by atoms with van der Waals surface area (Å²) in [6, 6.07) is 9.84. The van der Waals surface area contributed by atoms with E-state index in [1.807, 2.05) is 13.0 Å². The lowest BCUT2D eigenvalue weighted by Crippen LogP contribution is -2.39. The van der Waals surface area contributed by atoms with E-state index in [2.05, 4.69) is 27.1 Å². The first-order valence-electron chi connectivity index (χ1n) is 8.28. The SMILES string of the molecule is CCNC(=NCC(O)COc1ccc(F)cc1)NCCc1cccs1.I. The minimum absolute atomic E-state index is 0. The van der Waals surface area contributed by atoms with Crippen molar-refractivity contribution < 1.29 is 14.2 Å². The highest BCUT2D eigenvalue weighted by Gasteiger charge is 2.06. The zero-order chi connectivity index (χ0) is 17.9. The van der Waals surface area contributed by atoms with E-state index in [0.717, 1.165) is 19.5 Å². The molecule has 2 rings (SSSR count). The van der Waals surface area contributed by atoms with Crippen LogP contribution in [0.2, 0.25) is 0 Å². The number of ether oxygens (including phenoxy) is 1. The Morgan fingerprint density at radius 2 is 2.04 bits per heavy atom. The molecule has 26 heavy (non-hydrogen) atoms. The third-order valence-corrected chi connectivity index (χ3v) is 4.24. The van der Waals surface area contributed by atoms with Crippen LogP contribution in [0.3, 0.4) is 0 Å². The van der Waals surface area contributed by atoms with Crippen LogP contribution < -0.4 is 15.4 Å². The van der Waals surface area contributed by atoms with Gasteiger partial charge in [0.25, 0.3) is 0 Å². The molecule has 2 aromatic rings. The molecule has 0 saturated heterocycles. The molecule has 1 unspecified atom stereocenters. The highest BCUT2D eigenvalue weighted by molar-refractivity contribution is 14.0. The van der Waals surface area contributed by atoms with Crippen molar-refractivity contribution in [2.45, 2.75) is 19.4 Å². The smallest absolute Gasteiger partial charge is 0.191 e. The Kier molecular flexibility index (Phi) is 11.2. The van der Waals surface area contributed by atoms with Gasteiger partial charge in [-0.3, -0.25) is 4.99 Å². The quantitative estimate of drug-likeness (QED) is 0.286. The van der Waals surface area contributed by atoms with Crippen LogP contribution >= 0.6 is 35.3 Å². The fourth-order valence-corrected chi connectivity index (χ4v) is 2.78. The van der Waals surface area contributed by atoms with Gasteiger partial charge in [-0.2, -0.15) is 0 Å². The largest absolute Gasteiger partial charge is 0.491 e. The summed E-state index contributed by atoms with van der Waals surface area (Å²) in [4.78, 5) is 5.68. The summed E-state index contributed by atoms with van der Waals surface area (Å²) in [5, 5.41) is 18.5. The number of hydrogen-bond acceptors (Lipinski definition) is 4. The lowest BCUT2D eigenvalue weighted by atomic mass is 10.3. The van der Waals surface area contributed by atoms with Crippen LogP contribution in [-0.2, 0) is 6.42 Å². The Balaban J connectivity index is 0.00000338. The standard InChI is InChI=1S/C18H24FN3O2S.HI/c1-2-20-18(21-10-9-17-4-3-11-25-17)22-12-15(23)13-24-16-7-5-14(19)6-8-16;/h3-8,11,15,23H,2,9-10,12-13H2,1H3,(H2,20,21,22);1H. The van der Waals surface area contributed by atoms with E-state index in [1.54, 1.807) is 11.3 Å². The number of thiophene rings is 1. The molecule has 0 bridgehead atoms. The molecule has 5 nitrogen and oxygen atoms in total. The average Bonchev–Trinajstić information content (AvgIpc) is 3.12. The number of nitrogens with zero attached hydrogens (tertiary/aromatic N) is 1. The molecule has 0 aliphatic heterocycles. The first-order valence-corrected chi connectivity index (χ1v) is 9.16. The molecular formula is C18H25FIN3O2S. The van der Waals surface area contributed by atoms with Crippen molar-refractivity contribution in [1.82, 2.24) is 10.6 Å². The van der Waals surface area contributed by atoms with E-state index in [0.29, 0.717) is 11.7 Å². The molecule has 1 aromatic carbocycles. The molecule has 0 spiro atoms. The van der Waals surface area contributed by atoms with Crippen molar-refractivity contribution >= 4 is 41.3 Å². The summed E-state index contributed by atoms with van der Waals surface area (Å²) < 4.78 is 18.2. The summed E-state index contributed by atoms with van der Waals surface area (Å²) in [6.07, 6.45) is 0.191. The maximum atomic E-state index is 12.8. The van der Waals surface area contributed by atoms with Gasteiger partial charge in [0.15, 0.2) is 5.96 Å². The lowest BCUT2D eigenvalue weighted by Gasteiger charge is -2.13. The number of aliphatic hydroxyl groups excluding tert-OH is 1. The molecule has 0 amide bonds. The van der Waals surface area contributed by atoms with E-state index in [1.165, 1.54) is 29.1 Å². The number of aliphatic hydroxyl groups is 1. The number of guanidine groups is 1. The summed E-state index contributed by atoms with van der Waals surface area (Å²) in [5.74, 6) is 0.867. The van der Waals surface area contributed by atoms with E-state index >= 15 is 0 Å². The minimum Gasteiger partial charge on any atom is -0.491 e. The van der Waals surface area contributed by atoms with Crippen molar-refractivity contribution in [2.75, 3.05) is 26.2 Å². The third-order valence-electron chi connectivity index (χ3n) is 3.30. The Bertz CT molecular complexity index is 638. The molecular weight excluding hydrogens is 468 g/mol. The van der Waals surface area contributed by atoms with Gasteiger partial charge in [0.05, 0.1) is 6.54 Å². The number of rotatable bonds is 9. The van der Waals surface area contributed by atoms with Gasteiger partial charge < -0.3 is 20.5 Å². The number of hydrogen-bond donors (Lipinski definition) is 3. The Labute approximate surface area is 174 Å². The fraction of sp³-hybridized carbons (Fsp3) is 0.389. The second kappa shape index (κ2) is 12.9. The van der Waals surface area contributed by atoms with E-state index in [4.69, 9.17) is 4.74 Å². The van der Waals surface area contributed by atoms with Crippen molar-refractivity contribution in [1.29, 1.82) is 0 Å². The summed E-state index contributed by atoms with van der Waals surface area (Å²) in [6.45, 7) is 3.82. The molecule has 3 N–H and O–H groups in total. The van der Waals surface area contributed by atoms with Crippen molar-refractivity contribution in [3.8, 4) is 5.75 Å². The van der Waals surface area contributed by atoms with Gasteiger partial charge in [0.2, 0.25) is 0 Å². The van der Waals surface area contributed by atoms with Crippen LogP contribution in [-0.4, -0.2) is 43.4 Å². The van der Waals surface area contributed by atoms with Crippen LogP contribution in [0.15, 0.2) is 46.8 Å². The molecule has 0 fully saturated rings. The van der Waals surface area contributed by atoms with Gasteiger partial charge in [-0.15, -0.1) is 35.3 Å². The van der Waals surface area contributed by atoms with Gasteiger partial charge >= 0.3 is 0 Å². The van der Waals surface area contributed by atoms with Crippen LogP contribution in [0.5, 0.6) is 5.75 Å². The molecule has 8 heteroatoms. The van der Waals surface area contributed by atoms with Crippen molar-refractivity contribution in [3.05, 3.63) is 52.5 Å². The highest BCUT2D eigenvalue weighted by atomic mass is 127. The van der Waals surface area contributed by atoms with E-state index in [-0.39, 0.29) is 42.9 Å². The molecule has 0 radical (unpaired) electrons. The Morgan fingerprint density at radius 3 is 2.69 bits per heavy atom. The topological polar surface area (TPSA) is 65.9 Å². The molecule has 0 aliphatic carbocycles. The van der Waals surface area contributed by atoms with Crippen LogP contribution in [0.1, 0.15) is 11.8 Å². The van der Waals surface area contributed by atoms with Gasteiger partial charge in [-0.05, 0) is 49.1 Å². The van der Waals surface area contributed by atoms with Crippen LogP contribution in [0.25, 0.3) is 0 Å². The van der Waals surface area contributed by atoms with E-state index < -0.39 is 6.10 Å². The first-order chi connectivity index (χ1) is 12.2. The summed E-state index contributed by atoms with van der Waals surface area (Å²) >= 11 is 1.73. The molecule has 1 aromatic heterocycles. The summed E-state index contributed by atoms with van der Waals surface area (Å²) in [5.41, 5.74) is 0. The Morgan fingerprint density at radius 1 is 1.27 bits per heavy atom. The number of benzene rings is 1. The maximum Gasteiger partial charge on any atom is 0.191 e. The number of halogens is 2. The number of nitrogens with one attached hydrogen (secondary N) is 2. The van der Waals surface area contributed by atoms with E-state index in [9.17, 15) is 9.50 Å². The molecule has 0 saturated carbocycles. The van der Waals surface area contributed by atoms with Gasteiger partial charge in [0.1, 0.15) is 24.3 Å². The monoisotopic (exact) mass is 493 g/mol. The van der Waals surface area contributed by atoms with Gasteiger partial charge in [-0.1, -0.05) is 6.07 Å². The average molecular weight is 493 g/mol. The number of aliphatic imine (C=N–C) groups is 1. The van der Waals surface area contributed by atoms with Gasteiger partial charge in [0, 0.05) is 18.0 Å². The third kappa shape index (κ3) is 8.81. The Hall–Kier alpha value is -1.39. The molecule has 144 valence electrons. The second-order valence-electron chi connectivity index (χ2n) is 5.39. The molecule has 1 atom stereocenters. The summed E-state index contributed by atoms with van der Waals surface area (Å²) in [7, 11) is 0.